The van der Waals surface area contributed by atoms with E-state index in [9.17, 15) is 4.79 Å². The normalized spacial score (nSPS) is 14.3. The van der Waals surface area contributed by atoms with Gasteiger partial charge < -0.3 is 15.0 Å². The maximum absolute atomic E-state index is 11.8. The molecule has 0 bridgehead atoms. The van der Waals surface area contributed by atoms with Crippen molar-refractivity contribution in [3.63, 3.8) is 0 Å². The number of pyridine rings is 1. The number of hydrogen-bond donors (Lipinski definition) is 1. The number of hydrogen-bond acceptors (Lipinski definition) is 4. The summed E-state index contributed by atoms with van der Waals surface area (Å²) in [6.45, 7) is 0. The van der Waals surface area contributed by atoms with Crippen LogP contribution in [-0.2, 0) is 0 Å². The van der Waals surface area contributed by atoms with Gasteiger partial charge in [-0.1, -0.05) is 0 Å². The number of anilines is 1. The van der Waals surface area contributed by atoms with E-state index in [4.69, 9.17) is 4.74 Å². The van der Waals surface area contributed by atoms with Crippen molar-refractivity contribution in [1.82, 2.24) is 9.88 Å². The standard InChI is InChI=1S/C12H17N3O2/c1-13-11-10(17-9-4-5-9)6-8(7-14-11)12(16)15(2)3/h6-7,9H,4-5H2,1-3H3,(H,13,14). The summed E-state index contributed by atoms with van der Waals surface area (Å²) >= 11 is 0. The summed E-state index contributed by atoms with van der Waals surface area (Å²) in [4.78, 5) is 17.5. The van der Waals surface area contributed by atoms with E-state index >= 15 is 0 Å². The Bertz CT molecular complexity index is 428. The smallest absolute Gasteiger partial charge is 0.255 e. The first-order valence-corrected chi connectivity index (χ1v) is 5.68. The molecule has 0 aliphatic heterocycles. The van der Waals surface area contributed by atoms with Gasteiger partial charge in [0.15, 0.2) is 11.6 Å². The molecule has 1 heterocycles. The fourth-order valence-corrected chi connectivity index (χ4v) is 1.46. The molecule has 1 aliphatic carbocycles. The van der Waals surface area contributed by atoms with Crippen molar-refractivity contribution in [2.24, 2.45) is 0 Å². The van der Waals surface area contributed by atoms with Crippen LogP contribution in [0.5, 0.6) is 5.75 Å². The minimum Gasteiger partial charge on any atom is -0.487 e. The van der Waals surface area contributed by atoms with Crippen LogP contribution in [0.3, 0.4) is 0 Å². The number of rotatable bonds is 4. The van der Waals surface area contributed by atoms with Crippen molar-refractivity contribution in [3.05, 3.63) is 17.8 Å². The Balaban J connectivity index is 2.26. The third-order valence-corrected chi connectivity index (χ3v) is 2.56. The third-order valence-electron chi connectivity index (χ3n) is 2.56. The van der Waals surface area contributed by atoms with Gasteiger partial charge >= 0.3 is 0 Å². The number of aromatic nitrogens is 1. The average molecular weight is 235 g/mol. The van der Waals surface area contributed by atoms with Gasteiger partial charge in [-0.25, -0.2) is 4.98 Å². The summed E-state index contributed by atoms with van der Waals surface area (Å²) < 4.78 is 5.72. The fraction of sp³-hybridized carbons (Fsp3) is 0.500. The van der Waals surface area contributed by atoms with Crippen LogP contribution in [0.25, 0.3) is 0 Å². The summed E-state index contributed by atoms with van der Waals surface area (Å²) in [7, 11) is 5.22. The monoisotopic (exact) mass is 235 g/mol. The molecule has 1 aromatic heterocycles. The van der Waals surface area contributed by atoms with Gasteiger partial charge in [0.1, 0.15) is 0 Å². The molecular formula is C12H17N3O2. The first-order valence-electron chi connectivity index (χ1n) is 5.68. The summed E-state index contributed by atoms with van der Waals surface area (Å²) in [6, 6.07) is 1.75. The first-order chi connectivity index (χ1) is 8.11. The van der Waals surface area contributed by atoms with Crippen LogP contribution in [0.4, 0.5) is 5.82 Å². The van der Waals surface area contributed by atoms with E-state index in [1.54, 1.807) is 33.4 Å². The van der Waals surface area contributed by atoms with Crippen LogP contribution in [-0.4, -0.2) is 43.0 Å². The van der Waals surface area contributed by atoms with Crippen molar-refractivity contribution in [3.8, 4) is 5.75 Å². The lowest BCUT2D eigenvalue weighted by molar-refractivity contribution is 0.0826. The Labute approximate surface area is 101 Å². The minimum absolute atomic E-state index is 0.0687. The second-order valence-corrected chi connectivity index (χ2v) is 4.34. The Hall–Kier alpha value is -1.78. The summed E-state index contributed by atoms with van der Waals surface area (Å²) in [6.07, 6.45) is 4.01. The number of nitrogens with one attached hydrogen (secondary N) is 1. The van der Waals surface area contributed by atoms with Gasteiger partial charge in [0.25, 0.3) is 5.91 Å². The van der Waals surface area contributed by atoms with E-state index in [0.29, 0.717) is 17.1 Å². The van der Waals surface area contributed by atoms with Crippen molar-refractivity contribution >= 4 is 11.7 Å². The molecule has 0 spiro atoms. The van der Waals surface area contributed by atoms with Crippen LogP contribution >= 0.6 is 0 Å². The molecule has 0 atom stereocenters. The number of carbonyl (C=O) groups excluding carboxylic acids is 1. The Morgan fingerprint density at radius 3 is 2.76 bits per heavy atom. The molecule has 1 saturated carbocycles. The van der Waals surface area contributed by atoms with Gasteiger partial charge in [-0.05, 0) is 18.9 Å². The zero-order chi connectivity index (χ0) is 12.4. The lowest BCUT2D eigenvalue weighted by Crippen LogP contribution is -2.22. The molecule has 0 aromatic carbocycles. The Kier molecular flexibility index (Phi) is 3.17. The maximum Gasteiger partial charge on any atom is 0.255 e. The van der Waals surface area contributed by atoms with E-state index in [1.807, 2.05) is 0 Å². The summed E-state index contributed by atoms with van der Waals surface area (Å²) in [5.41, 5.74) is 0.546. The molecule has 0 unspecified atom stereocenters. The lowest BCUT2D eigenvalue weighted by Gasteiger charge is -2.13. The van der Waals surface area contributed by atoms with E-state index in [1.165, 1.54) is 4.90 Å². The number of ether oxygens (including phenoxy) is 1. The van der Waals surface area contributed by atoms with Crippen LogP contribution in [0.2, 0.25) is 0 Å². The highest BCUT2D eigenvalue weighted by Gasteiger charge is 2.25. The molecule has 1 fully saturated rings. The number of nitrogens with zero attached hydrogens (tertiary/aromatic N) is 2. The SMILES string of the molecule is CNc1ncc(C(=O)N(C)C)cc1OC1CC1. The Morgan fingerprint density at radius 2 is 2.24 bits per heavy atom. The van der Waals surface area contributed by atoms with Gasteiger partial charge in [0.2, 0.25) is 0 Å². The van der Waals surface area contributed by atoms with E-state index in [2.05, 4.69) is 10.3 Å². The van der Waals surface area contributed by atoms with Crippen molar-refractivity contribution < 1.29 is 9.53 Å². The second-order valence-electron chi connectivity index (χ2n) is 4.34. The molecule has 0 saturated heterocycles. The Morgan fingerprint density at radius 1 is 1.53 bits per heavy atom. The lowest BCUT2D eigenvalue weighted by atomic mass is 10.2. The molecule has 1 aromatic rings. The molecule has 5 nitrogen and oxygen atoms in total. The molecule has 5 heteroatoms. The van der Waals surface area contributed by atoms with E-state index in [0.717, 1.165) is 12.8 Å². The molecule has 1 N–H and O–H groups in total. The second kappa shape index (κ2) is 4.61. The third kappa shape index (κ3) is 2.67. The molecule has 2 rings (SSSR count). The largest absolute Gasteiger partial charge is 0.487 e. The minimum atomic E-state index is -0.0687. The highest BCUT2D eigenvalue weighted by molar-refractivity contribution is 5.94. The molecule has 1 aliphatic rings. The van der Waals surface area contributed by atoms with Crippen molar-refractivity contribution in [1.29, 1.82) is 0 Å². The van der Waals surface area contributed by atoms with Gasteiger partial charge in [-0.3, -0.25) is 4.79 Å². The zero-order valence-corrected chi connectivity index (χ0v) is 10.4. The van der Waals surface area contributed by atoms with Gasteiger partial charge in [-0.2, -0.15) is 0 Å². The van der Waals surface area contributed by atoms with Crippen LogP contribution in [0, 0.1) is 0 Å². The van der Waals surface area contributed by atoms with Crippen molar-refractivity contribution in [2.45, 2.75) is 18.9 Å². The van der Waals surface area contributed by atoms with Gasteiger partial charge in [-0.15, -0.1) is 0 Å². The summed E-state index contributed by atoms with van der Waals surface area (Å²) in [5, 5.41) is 2.96. The molecule has 0 radical (unpaired) electrons. The van der Waals surface area contributed by atoms with Gasteiger partial charge in [0.05, 0.1) is 11.7 Å². The van der Waals surface area contributed by atoms with Gasteiger partial charge in [0, 0.05) is 27.3 Å². The number of carbonyl (C=O) groups is 1. The van der Waals surface area contributed by atoms with Crippen LogP contribution in [0.1, 0.15) is 23.2 Å². The zero-order valence-electron chi connectivity index (χ0n) is 10.4. The molecule has 1 amide bonds. The predicted molar refractivity (Wildman–Crippen MR) is 65.5 cm³/mol. The molecule has 17 heavy (non-hydrogen) atoms. The maximum atomic E-state index is 11.8. The quantitative estimate of drug-likeness (QED) is 0.856. The first kappa shape index (κ1) is 11.7. The van der Waals surface area contributed by atoms with E-state index < -0.39 is 0 Å². The van der Waals surface area contributed by atoms with Crippen molar-refractivity contribution in [2.75, 3.05) is 26.5 Å². The predicted octanol–water partition coefficient (Wildman–Crippen LogP) is 1.37. The van der Waals surface area contributed by atoms with Crippen LogP contribution < -0.4 is 10.1 Å². The van der Waals surface area contributed by atoms with E-state index in [-0.39, 0.29) is 12.0 Å². The van der Waals surface area contributed by atoms with Crippen LogP contribution in [0.15, 0.2) is 12.3 Å². The molecular weight excluding hydrogens is 218 g/mol. The highest BCUT2D eigenvalue weighted by Crippen LogP contribution is 2.31. The average Bonchev–Trinajstić information content (AvgIpc) is 3.11. The molecule has 92 valence electrons. The fourth-order valence-electron chi connectivity index (χ4n) is 1.46. The summed E-state index contributed by atoms with van der Waals surface area (Å²) in [5.74, 6) is 1.26. The number of amides is 1. The highest BCUT2D eigenvalue weighted by atomic mass is 16.5. The topological polar surface area (TPSA) is 54.5 Å².